The van der Waals surface area contributed by atoms with Crippen LogP contribution in [-0.2, 0) is 19.2 Å². The van der Waals surface area contributed by atoms with Gasteiger partial charge < -0.3 is 9.84 Å². The summed E-state index contributed by atoms with van der Waals surface area (Å²) < 4.78 is 5.49. The van der Waals surface area contributed by atoms with Gasteiger partial charge in [0.15, 0.2) is 15.5 Å². The highest BCUT2D eigenvalue weighted by Crippen LogP contribution is 2.65. The maximum absolute atomic E-state index is 14.0. The minimum absolute atomic E-state index is 0.0930. The van der Waals surface area contributed by atoms with Gasteiger partial charge in [-0.2, -0.15) is 0 Å². The summed E-state index contributed by atoms with van der Waals surface area (Å²) in [6.07, 6.45) is 2.03. The highest BCUT2D eigenvalue weighted by Gasteiger charge is 2.75. The molecule has 4 amide bonds. The Balaban J connectivity index is 1.44. The lowest BCUT2D eigenvalue weighted by Crippen LogP contribution is -2.60. The molecule has 2 heterocycles. The number of ketones is 1. The van der Waals surface area contributed by atoms with Crippen LogP contribution in [-0.4, -0.2) is 69.4 Å². The number of likely N-dealkylation sites (tertiary alicyclic amines) is 1. The second-order valence-electron chi connectivity index (χ2n) is 11.3. The summed E-state index contributed by atoms with van der Waals surface area (Å²) in [6, 6.07) is 13.1. The molecule has 4 aliphatic rings. The first kappa shape index (κ1) is 28.6. The van der Waals surface area contributed by atoms with Crippen molar-refractivity contribution in [3.05, 3.63) is 71.3 Å². The Bertz CT molecular complexity index is 1560. The Labute approximate surface area is 252 Å². The third kappa shape index (κ3) is 3.83. The van der Waals surface area contributed by atoms with Crippen molar-refractivity contribution in [3.8, 4) is 5.75 Å². The number of carbonyl (C=O) groups is 5. The number of amides is 4. The van der Waals surface area contributed by atoms with Crippen LogP contribution in [0.4, 0.5) is 5.69 Å². The summed E-state index contributed by atoms with van der Waals surface area (Å²) in [7, 11) is 1.34. The Morgan fingerprint density at radius 1 is 0.976 bits per heavy atom. The zero-order chi connectivity index (χ0) is 30.1. The first-order valence-corrected chi connectivity index (χ1v) is 14.4. The highest BCUT2D eigenvalue weighted by atomic mass is 35.5. The molecule has 6 atom stereocenters. The number of nitrogens with zero attached hydrogens (tertiary/aromatic N) is 2. The third-order valence-electron chi connectivity index (χ3n) is 9.12. The standard InChI is InChI=1S/C31H28Cl2N2O7/c1-16(37)17-3-7-19(8-4-17)35-26(38)22-12-11-21-23(24(22)27(35)39)15-30(32)28(40)34(2)29(41)31(30,33)25(21)18-5-9-20(10-6-18)42-14-13-36/h3-11,22-25,36H,12-15H2,1-2H3. The van der Waals surface area contributed by atoms with Crippen molar-refractivity contribution >= 4 is 58.3 Å². The number of allylic oxidation sites excluding steroid dienone is 2. The predicted octanol–water partition coefficient (Wildman–Crippen LogP) is 3.45. The van der Waals surface area contributed by atoms with Crippen molar-refractivity contribution in [1.82, 2.24) is 4.90 Å². The number of carbonyl (C=O) groups excluding carboxylic acids is 5. The average Bonchev–Trinajstić information content (AvgIpc) is 3.31. The van der Waals surface area contributed by atoms with Crippen LogP contribution in [0.1, 0.15) is 41.6 Å². The van der Waals surface area contributed by atoms with E-state index < -0.39 is 51.1 Å². The monoisotopic (exact) mass is 610 g/mol. The van der Waals surface area contributed by atoms with Crippen LogP contribution in [0.15, 0.2) is 60.2 Å². The van der Waals surface area contributed by atoms with E-state index in [1.165, 1.54) is 14.0 Å². The van der Waals surface area contributed by atoms with E-state index in [1.807, 2.05) is 6.08 Å². The molecule has 3 fully saturated rings. The van der Waals surface area contributed by atoms with E-state index in [0.717, 1.165) is 9.80 Å². The topological polar surface area (TPSA) is 121 Å². The van der Waals surface area contributed by atoms with E-state index in [4.69, 9.17) is 33.0 Å². The van der Waals surface area contributed by atoms with Gasteiger partial charge in [-0.25, -0.2) is 0 Å². The number of imide groups is 2. The van der Waals surface area contributed by atoms with Crippen LogP contribution in [0.3, 0.4) is 0 Å². The molecule has 1 saturated carbocycles. The minimum atomic E-state index is -1.86. The second kappa shape index (κ2) is 10.0. The van der Waals surface area contributed by atoms with E-state index in [0.29, 0.717) is 28.1 Å². The van der Waals surface area contributed by atoms with Gasteiger partial charge in [0, 0.05) is 18.5 Å². The number of hydrogen-bond donors (Lipinski definition) is 1. The molecule has 218 valence electrons. The lowest BCUT2D eigenvalue weighted by molar-refractivity contribution is -0.138. The highest BCUT2D eigenvalue weighted by molar-refractivity contribution is 6.53. The summed E-state index contributed by atoms with van der Waals surface area (Å²) >= 11 is 14.4. The molecule has 2 saturated heterocycles. The Morgan fingerprint density at radius 2 is 1.64 bits per heavy atom. The summed E-state index contributed by atoms with van der Waals surface area (Å²) in [5.74, 6) is -4.70. The molecule has 2 aromatic carbocycles. The van der Waals surface area contributed by atoms with Gasteiger partial charge in [-0.15, -0.1) is 23.2 Å². The van der Waals surface area contributed by atoms with E-state index in [9.17, 15) is 24.0 Å². The molecule has 9 nitrogen and oxygen atoms in total. The quantitative estimate of drug-likeness (QED) is 0.230. The maximum Gasteiger partial charge on any atom is 0.253 e. The van der Waals surface area contributed by atoms with Crippen molar-refractivity contribution < 1.29 is 33.8 Å². The number of aliphatic hydroxyl groups is 1. The van der Waals surface area contributed by atoms with Crippen molar-refractivity contribution in [1.29, 1.82) is 0 Å². The Morgan fingerprint density at radius 3 is 2.26 bits per heavy atom. The van der Waals surface area contributed by atoms with Crippen molar-refractivity contribution in [2.45, 2.75) is 35.4 Å². The zero-order valence-electron chi connectivity index (χ0n) is 22.9. The lowest BCUT2D eigenvalue weighted by atomic mass is 9.56. The number of Topliss-reactive ketones (excluding diaryl/α,β-unsaturated/α-hetero) is 1. The van der Waals surface area contributed by atoms with Crippen LogP contribution in [0.5, 0.6) is 5.75 Å². The van der Waals surface area contributed by atoms with Crippen LogP contribution in [0.25, 0.3) is 0 Å². The molecule has 11 heteroatoms. The normalized spacial score (nSPS) is 32.0. The van der Waals surface area contributed by atoms with Gasteiger partial charge >= 0.3 is 0 Å². The van der Waals surface area contributed by atoms with Crippen molar-refractivity contribution in [2.75, 3.05) is 25.2 Å². The average molecular weight is 611 g/mol. The number of ether oxygens (including phenoxy) is 1. The van der Waals surface area contributed by atoms with E-state index in [1.54, 1.807) is 48.5 Å². The maximum atomic E-state index is 14.0. The minimum Gasteiger partial charge on any atom is -0.491 e. The molecule has 0 spiro atoms. The molecule has 0 aromatic heterocycles. The van der Waals surface area contributed by atoms with Gasteiger partial charge in [0.25, 0.3) is 11.8 Å². The summed E-state index contributed by atoms with van der Waals surface area (Å²) in [6.45, 7) is 1.38. The number of benzene rings is 2. The molecule has 2 aromatic rings. The summed E-state index contributed by atoms with van der Waals surface area (Å²) in [5.41, 5.74) is 2.11. The molecule has 2 aliphatic heterocycles. The number of aliphatic hydroxyl groups excluding tert-OH is 1. The number of halogens is 2. The van der Waals surface area contributed by atoms with Crippen LogP contribution < -0.4 is 9.64 Å². The molecule has 1 N–H and O–H groups in total. The first-order valence-electron chi connectivity index (χ1n) is 13.7. The fourth-order valence-corrected chi connectivity index (χ4v) is 8.16. The smallest absolute Gasteiger partial charge is 0.253 e. The van der Waals surface area contributed by atoms with Crippen molar-refractivity contribution in [3.63, 3.8) is 0 Å². The molecular formula is C31H28Cl2N2O7. The largest absolute Gasteiger partial charge is 0.491 e. The second-order valence-corrected chi connectivity index (χ2v) is 12.5. The van der Waals surface area contributed by atoms with Crippen LogP contribution in [0.2, 0.25) is 0 Å². The molecule has 6 rings (SSSR count). The number of anilines is 1. The number of hydrogen-bond acceptors (Lipinski definition) is 7. The summed E-state index contributed by atoms with van der Waals surface area (Å²) in [4.78, 5) is 65.0. The molecule has 0 radical (unpaired) electrons. The Kier molecular flexibility index (Phi) is 6.83. The van der Waals surface area contributed by atoms with Gasteiger partial charge in [0.2, 0.25) is 11.8 Å². The van der Waals surface area contributed by atoms with E-state index in [-0.39, 0.29) is 37.7 Å². The van der Waals surface area contributed by atoms with Gasteiger partial charge in [-0.05, 0) is 67.6 Å². The molecule has 6 unspecified atom stereocenters. The fourth-order valence-electron chi connectivity index (χ4n) is 7.14. The molecule has 0 bridgehead atoms. The fraction of sp³-hybridized carbons (Fsp3) is 0.387. The van der Waals surface area contributed by atoms with Crippen LogP contribution in [0, 0.1) is 17.8 Å². The van der Waals surface area contributed by atoms with Gasteiger partial charge in [-0.1, -0.05) is 23.8 Å². The summed E-state index contributed by atoms with van der Waals surface area (Å²) in [5, 5.41) is 9.09. The van der Waals surface area contributed by atoms with E-state index in [2.05, 4.69) is 0 Å². The molecular weight excluding hydrogens is 583 g/mol. The number of alkyl halides is 2. The predicted molar refractivity (Wildman–Crippen MR) is 153 cm³/mol. The van der Waals surface area contributed by atoms with Gasteiger partial charge in [-0.3, -0.25) is 33.8 Å². The van der Waals surface area contributed by atoms with E-state index >= 15 is 0 Å². The lowest BCUT2D eigenvalue weighted by Gasteiger charge is -2.50. The van der Waals surface area contributed by atoms with Crippen molar-refractivity contribution in [2.24, 2.45) is 17.8 Å². The Hall–Kier alpha value is -3.53. The van der Waals surface area contributed by atoms with Crippen LogP contribution >= 0.6 is 23.2 Å². The molecule has 2 aliphatic carbocycles. The third-order valence-corrected chi connectivity index (χ3v) is 10.5. The first-order chi connectivity index (χ1) is 20.0. The van der Waals surface area contributed by atoms with Gasteiger partial charge in [0.1, 0.15) is 12.4 Å². The number of fused-ring (bicyclic) bond motifs is 4. The zero-order valence-corrected chi connectivity index (χ0v) is 24.4. The SMILES string of the molecule is CC(=O)c1ccc(N2C(=O)C3CC=C4C(CC5(Cl)C(=O)N(C)C(=O)C5(Cl)C4c4ccc(OCCO)cc4)C3C2=O)cc1. The number of rotatable bonds is 6. The van der Waals surface area contributed by atoms with Gasteiger partial charge in [0.05, 0.1) is 24.1 Å². The molecule has 42 heavy (non-hydrogen) atoms.